The molecule has 1 fully saturated rings. The molecule has 3 heterocycles. The number of amides is 2. The molecule has 5 rings (SSSR count). The zero-order chi connectivity index (χ0) is 27.4. The molecule has 39 heavy (non-hydrogen) atoms. The van der Waals surface area contributed by atoms with Gasteiger partial charge in [-0.1, -0.05) is 29.3 Å². The van der Waals surface area contributed by atoms with E-state index >= 15 is 0 Å². The maximum absolute atomic E-state index is 13.9. The Balaban J connectivity index is 1.38. The molecule has 10 heteroatoms. The second-order valence-electron chi connectivity index (χ2n) is 9.86. The number of ether oxygens (including phenoxy) is 2. The van der Waals surface area contributed by atoms with Crippen LogP contribution in [-0.4, -0.2) is 66.0 Å². The van der Waals surface area contributed by atoms with Crippen LogP contribution in [0.25, 0.3) is 0 Å². The van der Waals surface area contributed by atoms with Crippen LogP contribution in [-0.2, 0) is 17.9 Å². The average molecular weight is 589 g/mol. The molecule has 0 unspecified atom stereocenters. The van der Waals surface area contributed by atoms with Crippen LogP contribution in [0.1, 0.15) is 39.2 Å². The van der Waals surface area contributed by atoms with Crippen molar-refractivity contribution in [2.75, 3.05) is 39.5 Å². The van der Waals surface area contributed by atoms with Gasteiger partial charge in [0.05, 0.1) is 17.1 Å². The van der Waals surface area contributed by atoms with Crippen LogP contribution in [0, 0.1) is 6.92 Å². The minimum atomic E-state index is -0.278. The largest absolute Gasteiger partial charge is 0.454 e. The summed E-state index contributed by atoms with van der Waals surface area (Å²) in [7, 11) is 0. The summed E-state index contributed by atoms with van der Waals surface area (Å²) >= 11 is 14.1. The first kappa shape index (κ1) is 27.8. The van der Waals surface area contributed by atoms with Gasteiger partial charge >= 0.3 is 0 Å². The molecular formula is C29H31Cl2N3O4S. The molecule has 0 radical (unpaired) electrons. The minimum absolute atomic E-state index is 0.0550. The Bertz CT molecular complexity index is 1340. The quantitative estimate of drug-likeness (QED) is 0.297. The monoisotopic (exact) mass is 587 g/mol. The Morgan fingerprint density at radius 2 is 1.77 bits per heavy atom. The second-order valence-corrected chi connectivity index (χ2v) is 11.7. The normalized spacial score (nSPS) is 14.5. The Labute approximate surface area is 242 Å². The Morgan fingerprint density at radius 3 is 2.51 bits per heavy atom. The zero-order valence-corrected chi connectivity index (χ0v) is 24.2. The third kappa shape index (κ3) is 6.87. The number of thiophene rings is 1. The summed E-state index contributed by atoms with van der Waals surface area (Å²) in [4.78, 5) is 34.4. The fourth-order valence-corrected chi connectivity index (χ4v) is 6.26. The van der Waals surface area contributed by atoms with E-state index in [-0.39, 0.29) is 30.2 Å². The highest BCUT2D eigenvalue weighted by Gasteiger charge is 2.26. The average Bonchev–Trinajstić information content (AvgIpc) is 3.68. The highest BCUT2D eigenvalue weighted by Crippen LogP contribution is 2.33. The van der Waals surface area contributed by atoms with E-state index in [1.54, 1.807) is 39.3 Å². The molecule has 0 N–H and O–H groups in total. The molecule has 7 nitrogen and oxygen atoms in total. The van der Waals surface area contributed by atoms with Crippen molar-refractivity contribution in [1.82, 2.24) is 14.7 Å². The van der Waals surface area contributed by atoms with E-state index in [2.05, 4.69) is 11.0 Å². The maximum Gasteiger partial charge on any atom is 0.255 e. The van der Waals surface area contributed by atoms with E-state index in [1.807, 2.05) is 30.5 Å². The predicted molar refractivity (Wildman–Crippen MR) is 154 cm³/mol. The van der Waals surface area contributed by atoms with E-state index in [4.69, 9.17) is 32.7 Å². The van der Waals surface area contributed by atoms with Gasteiger partial charge in [0.25, 0.3) is 5.91 Å². The molecule has 0 atom stereocenters. The Hall–Kier alpha value is -2.78. The predicted octanol–water partition coefficient (Wildman–Crippen LogP) is 5.86. The highest BCUT2D eigenvalue weighted by atomic mass is 35.5. The van der Waals surface area contributed by atoms with Gasteiger partial charge in [-0.05, 0) is 85.8 Å². The second kappa shape index (κ2) is 12.6. The van der Waals surface area contributed by atoms with Crippen LogP contribution in [0.5, 0.6) is 11.5 Å². The van der Waals surface area contributed by atoms with E-state index in [0.717, 1.165) is 41.9 Å². The van der Waals surface area contributed by atoms with Crippen molar-refractivity contribution in [3.05, 3.63) is 79.5 Å². The van der Waals surface area contributed by atoms with Crippen molar-refractivity contribution in [3.8, 4) is 11.5 Å². The third-order valence-corrected chi connectivity index (χ3v) is 8.68. The van der Waals surface area contributed by atoms with Crippen molar-refractivity contribution in [1.29, 1.82) is 0 Å². The van der Waals surface area contributed by atoms with Gasteiger partial charge in [0.15, 0.2) is 11.5 Å². The van der Waals surface area contributed by atoms with E-state index < -0.39 is 0 Å². The van der Waals surface area contributed by atoms with Crippen molar-refractivity contribution < 1.29 is 19.1 Å². The lowest BCUT2D eigenvalue weighted by molar-refractivity contribution is -0.133. The third-order valence-electron chi connectivity index (χ3n) is 7.13. The number of carbonyl (C=O) groups is 2. The molecule has 206 valence electrons. The lowest BCUT2D eigenvalue weighted by Gasteiger charge is -2.29. The molecule has 2 aliphatic rings. The van der Waals surface area contributed by atoms with Gasteiger partial charge in [-0.15, -0.1) is 11.3 Å². The standard InChI is InChI=1S/C29H31Cl2N3O4S/c1-20-8-13-39-27(20)17-34(16-21-4-7-25-26(14-21)38-19-37-25)28(35)18-33(12-11-32-9-2-3-10-32)29(36)23-6-5-22(30)15-24(23)31/h4-8,13-15H,2-3,9-12,16-19H2,1H3. The van der Waals surface area contributed by atoms with Crippen LogP contribution < -0.4 is 9.47 Å². The topological polar surface area (TPSA) is 62.3 Å². The smallest absolute Gasteiger partial charge is 0.255 e. The van der Waals surface area contributed by atoms with Crippen molar-refractivity contribution in [2.45, 2.75) is 32.9 Å². The maximum atomic E-state index is 13.9. The molecule has 0 spiro atoms. The molecule has 0 bridgehead atoms. The number of likely N-dealkylation sites (tertiary alicyclic amines) is 1. The van der Waals surface area contributed by atoms with Gasteiger partial charge in [-0.3, -0.25) is 9.59 Å². The van der Waals surface area contributed by atoms with Crippen molar-refractivity contribution in [3.63, 3.8) is 0 Å². The summed E-state index contributed by atoms with van der Waals surface area (Å²) in [5.41, 5.74) is 2.41. The lowest BCUT2D eigenvalue weighted by Crippen LogP contribution is -2.45. The van der Waals surface area contributed by atoms with Crippen molar-refractivity contribution >= 4 is 46.4 Å². The number of nitrogens with zero attached hydrogens (tertiary/aromatic N) is 3. The molecule has 0 aliphatic carbocycles. The molecule has 2 amide bonds. The molecule has 1 saturated heterocycles. The fraction of sp³-hybridized carbons (Fsp3) is 0.379. The number of hydrogen-bond donors (Lipinski definition) is 0. The number of aryl methyl sites for hydroxylation is 1. The van der Waals surface area contributed by atoms with Gasteiger partial charge in [0.2, 0.25) is 12.7 Å². The molecule has 3 aromatic rings. The first-order valence-electron chi connectivity index (χ1n) is 13.0. The number of benzene rings is 2. The Kier molecular flexibility index (Phi) is 8.97. The van der Waals surface area contributed by atoms with Crippen LogP contribution in [0.4, 0.5) is 0 Å². The molecule has 1 aromatic heterocycles. The van der Waals surface area contributed by atoms with Gasteiger partial charge < -0.3 is 24.2 Å². The SMILES string of the molecule is Cc1ccsc1CN(Cc1ccc2c(c1)OCO2)C(=O)CN(CCN1CCCC1)C(=O)c1ccc(Cl)cc1Cl. The number of fused-ring (bicyclic) bond motifs is 1. The fourth-order valence-electron chi connectivity index (χ4n) is 4.85. The van der Waals surface area contributed by atoms with Crippen LogP contribution in [0.3, 0.4) is 0 Å². The summed E-state index contributed by atoms with van der Waals surface area (Å²) in [6, 6.07) is 12.6. The van der Waals surface area contributed by atoms with Gasteiger partial charge in [0.1, 0.15) is 6.54 Å². The van der Waals surface area contributed by atoms with Gasteiger partial charge in [0, 0.05) is 29.5 Å². The zero-order valence-electron chi connectivity index (χ0n) is 21.8. The summed E-state index contributed by atoms with van der Waals surface area (Å²) < 4.78 is 11.0. The Morgan fingerprint density at radius 1 is 0.974 bits per heavy atom. The molecule has 2 aromatic carbocycles. The number of hydrogen-bond acceptors (Lipinski definition) is 6. The van der Waals surface area contributed by atoms with Crippen LogP contribution in [0.2, 0.25) is 10.0 Å². The number of carbonyl (C=O) groups excluding carboxylic acids is 2. The van der Waals surface area contributed by atoms with Gasteiger partial charge in [-0.2, -0.15) is 0 Å². The first-order valence-corrected chi connectivity index (χ1v) is 14.7. The molecule has 2 aliphatic heterocycles. The van der Waals surface area contributed by atoms with Gasteiger partial charge in [-0.25, -0.2) is 0 Å². The number of rotatable bonds is 10. The van der Waals surface area contributed by atoms with E-state index in [9.17, 15) is 9.59 Å². The summed E-state index contributed by atoms with van der Waals surface area (Å²) in [6.07, 6.45) is 2.30. The van der Waals surface area contributed by atoms with E-state index in [1.165, 1.54) is 0 Å². The molecule has 0 saturated carbocycles. The minimum Gasteiger partial charge on any atom is -0.454 e. The summed E-state index contributed by atoms with van der Waals surface area (Å²) in [6.45, 7) is 6.16. The van der Waals surface area contributed by atoms with Crippen LogP contribution in [0.15, 0.2) is 47.8 Å². The summed E-state index contributed by atoms with van der Waals surface area (Å²) in [5.74, 6) is 0.955. The number of halogens is 2. The highest BCUT2D eigenvalue weighted by molar-refractivity contribution is 7.10. The first-order chi connectivity index (χ1) is 18.9. The van der Waals surface area contributed by atoms with Crippen LogP contribution >= 0.6 is 34.5 Å². The lowest BCUT2D eigenvalue weighted by atomic mass is 10.1. The summed E-state index contributed by atoms with van der Waals surface area (Å²) in [5, 5.41) is 2.76. The van der Waals surface area contributed by atoms with E-state index in [0.29, 0.717) is 48.3 Å². The molecular weight excluding hydrogens is 557 g/mol. The van der Waals surface area contributed by atoms with Crippen molar-refractivity contribution in [2.24, 2.45) is 0 Å².